The number of esters is 10. The lowest BCUT2D eigenvalue weighted by molar-refractivity contribution is -0.380. The maximum atomic E-state index is 13.7. The second-order valence-corrected chi connectivity index (χ2v) is 19.7. The minimum Gasteiger partial charge on any atom is -0.480 e. The van der Waals surface area contributed by atoms with Crippen LogP contribution in [0.3, 0.4) is 0 Å². The van der Waals surface area contributed by atoms with Gasteiger partial charge in [-0.25, -0.2) is 4.79 Å². The zero-order valence-electron chi connectivity index (χ0n) is 49.2. The number of ether oxygens (including phenoxy) is 16. The number of aliphatic carboxylic acids is 1. The molecule has 0 aromatic rings. The van der Waals surface area contributed by atoms with E-state index in [2.05, 4.69) is 10.6 Å². The number of carboxylic acid groups (broad SMARTS) is 1. The van der Waals surface area contributed by atoms with Gasteiger partial charge in [0.25, 0.3) is 0 Å². The Balaban J connectivity index is 2.23. The van der Waals surface area contributed by atoms with E-state index in [1.54, 1.807) is 0 Å². The zero-order valence-corrected chi connectivity index (χ0v) is 49.2. The third-order valence-electron chi connectivity index (χ3n) is 12.4. The summed E-state index contributed by atoms with van der Waals surface area (Å²) < 4.78 is 92.5. The largest absolute Gasteiger partial charge is 0.480 e. The maximum Gasteiger partial charge on any atom is 0.326 e. The van der Waals surface area contributed by atoms with Crippen molar-refractivity contribution in [2.45, 2.75) is 212 Å². The fourth-order valence-corrected chi connectivity index (χ4v) is 9.07. The SMILES string of the molecule is CC(=O)OCC1OC(OC2C(COC(C)=O)OC(OC3C(COC(C)=O)OC(OCC(=O)NC(CCCCN)C(=O)NC(CCCCN)C(=O)O)C(OC(C)=O)C3OC(C)=O)C(OC(C)=O)C2OC(C)=O)C(OC(C)=O)C(OC(C)=O)C1OC(C)=O. The van der Waals surface area contributed by atoms with Crippen LogP contribution in [-0.4, -0.2) is 226 Å². The summed E-state index contributed by atoms with van der Waals surface area (Å²) in [6.45, 7) is 6.57. The first-order valence-electron chi connectivity index (χ1n) is 27.2. The predicted octanol–water partition coefficient (Wildman–Crippen LogP) is -2.53. The van der Waals surface area contributed by atoms with Gasteiger partial charge in [0.05, 0.1) is 0 Å². The standard InChI is InChI=1S/C52H78N4O30/c1-23(57)71-19-35-39(75-26(4)60)42(76-27(5)61)46(80-31(9)65)51(83-35)86-41-37(21-73-25(3)59)84-52(47(81-32(10)66)44(41)78-29(7)63)85-40-36(20-72-24(2)58)82-50(45(79-30(8)64)43(40)77-28(6)62)74-22-38(67)55-33(15-11-13-17-53)48(68)56-34(49(69)70)16-12-14-18-54/h33-37,39-47,50-52H,11-22,53-54H2,1-10H3,(H,55,67)(H,56,68)(H,69,70). The van der Waals surface area contributed by atoms with E-state index in [1.807, 2.05) is 0 Å². The average molecular weight is 1240 g/mol. The second kappa shape index (κ2) is 36.1. The number of amides is 2. The van der Waals surface area contributed by atoms with Crippen molar-refractivity contribution in [3.05, 3.63) is 0 Å². The number of nitrogens with one attached hydrogen (secondary N) is 2. The third-order valence-corrected chi connectivity index (χ3v) is 12.4. The van der Waals surface area contributed by atoms with E-state index in [1.165, 1.54) is 0 Å². The fourth-order valence-electron chi connectivity index (χ4n) is 9.07. The Morgan fingerprint density at radius 3 is 1.06 bits per heavy atom. The van der Waals surface area contributed by atoms with Gasteiger partial charge in [-0.2, -0.15) is 0 Å². The van der Waals surface area contributed by atoms with Crippen molar-refractivity contribution in [1.29, 1.82) is 0 Å². The molecule has 0 spiro atoms. The van der Waals surface area contributed by atoms with Crippen LogP contribution in [0.1, 0.15) is 108 Å². The van der Waals surface area contributed by atoms with Gasteiger partial charge in [-0.05, 0) is 51.6 Å². The van der Waals surface area contributed by atoms with Crippen molar-refractivity contribution >= 4 is 77.5 Å². The lowest BCUT2D eigenvalue weighted by Gasteiger charge is -2.50. The van der Waals surface area contributed by atoms with Crippen molar-refractivity contribution < 1.29 is 143 Å². The van der Waals surface area contributed by atoms with Gasteiger partial charge in [0.2, 0.25) is 11.8 Å². The molecule has 17 atom stereocenters. The predicted molar refractivity (Wildman–Crippen MR) is 278 cm³/mol. The summed E-state index contributed by atoms with van der Waals surface area (Å²) in [7, 11) is 0. The Morgan fingerprint density at radius 2 is 0.709 bits per heavy atom. The molecule has 34 nitrogen and oxygen atoms in total. The molecule has 3 heterocycles. The molecule has 0 aromatic carbocycles. The molecule has 0 bridgehead atoms. The van der Waals surface area contributed by atoms with Crippen LogP contribution < -0.4 is 22.1 Å². The van der Waals surface area contributed by atoms with E-state index >= 15 is 0 Å². The molecule has 0 aromatic heterocycles. The lowest BCUT2D eigenvalue weighted by atomic mass is 9.95. The summed E-state index contributed by atoms with van der Waals surface area (Å²) in [6.07, 6.45) is -27.1. The Bertz CT molecular complexity index is 2370. The van der Waals surface area contributed by atoms with Crippen LogP contribution in [0.25, 0.3) is 0 Å². The van der Waals surface area contributed by atoms with Gasteiger partial charge in [0.1, 0.15) is 69.0 Å². The molecule has 486 valence electrons. The second-order valence-electron chi connectivity index (χ2n) is 19.7. The smallest absolute Gasteiger partial charge is 0.326 e. The van der Waals surface area contributed by atoms with Crippen LogP contribution in [0.2, 0.25) is 0 Å². The number of hydrogen-bond acceptors (Lipinski definition) is 31. The number of rotatable bonds is 32. The summed E-state index contributed by atoms with van der Waals surface area (Å²) in [5.74, 6) is -13.4. The first-order chi connectivity index (χ1) is 40.5. The number of carbonyl (C=O) groups excluding carboxylic acids is 12. The first kappa shape index (κ1) is 73.0. The number of unbranched alkanes of at least 4 members (excludes halogenated alkanes) is 2. The highest BCUT2D eigenvalue weighted by molar-refractivity contribution is 5.90. The Labute approximate surface area is 493 Å². The zero-order chi connectivity index (χ0) is 64.5. The molecule has 0 saturated carbocycles. The van der Waals surface area contributed by atoms with Crippen LogP contribution in [0.4, 0.5) is 0 Å². The summed E-state index contributed by atoms with van der Waals surface area (Å²) in [5, 5.41) is 14.7. The molecule has 0 aliphatic carbocycles. The summed E-state index contributed by atoms with van der Waals surface area (Å²) in [5.41, 5.74) is 11.2. The van der Waals surface area contributed by atoms with E-state index < -0.39 is 208 Å². The molecule has 3 saturated heterocycles. The van der Waals surface area contributed by atoms with Gasteiger partial charge in [-0.1, -0.05) is 0 Å². The van der Waals surface area contributed by atoms with Gasteiger partial charge in [-0.3, -0.25) is 57.5 Å². The molecule has 3 aliphatic heterocycles. The van der Waals surface area contributed by atoms with E-state index in [4.69, 9.17) is 87.3 Å². The van der Waals surface area contributed by atoms with Crippen LogP contribution in [0.15, 0.2) is 0 Å². The topological polar surface area (TPSA) is 466 Å². The summed E-state index contributed by atoms with van der Waals surface area (Å²) in [6, 6.07) is -2.68. The van der Waals surface area contributed by atoms with Crippen LogP contribution in [0.5, 0.6) is 0 Å². The van der Waals surface area contributed by atoms with Crippen LogP contribution in [-0.2, 0) is 138 Å². The molecule has 86 heavy (non-hydrogen) atoms. The third kappa shape index (κ3) is 24.3. The number of hydrogen-bond donors (Lipinski definition) is 5. The normalized spacial score (nSPS) is 27.6. The molecule has 3 rings (SSSR count). The van der Waals surface area contributed by atoms with Gasteiger partial charge in [0, 0.05) is 69.2 Å². The van der Waals surface area contributed by atoms with Crippen molar-refractivity contribution in [1.82, 2.24) is 10.6 Å². The fraction of sp³-hybridized carbons (Fsp3) is 0.750. The molecule has 3 aliphatic rings. The summed E-state index contributed by atoms with van der Waals surface area (Å²) in [4.78, 5) is 167. The highest BCUT2D eigenvalue weighted by atomic mass is 16.8. The molecular formula is C52H78N4O30. The summed E-state index contributed by atoms with van der Waals surface area (Å²) >= 11 is 0. The quantitative estimate of drug-likeness (QED) is 0.0263. The number of carboxylic acids is 1. The molecule has 17 unspecified atom stereocenters. The molecular weight excluding hydrogens is 1160 g/mol. The Hall–Kier alpha value is -7.21. The minimum absolute atomic E-state index is 0.0156. The van der Waals surface area contributed by atoms with Gasteiger partial charge in [-0.15, -0.1) is 0 Å². The van der Waals surface area contributed by atoms with Crippen molar-refractivity contribution in [2.24, 2.45) is 11.5 Å². The van der Waals surface area contributed by atoms with E-state index in [0.29, 0.717) is 25.7 Å². The van der Waals surface area contributed by atoms with Gasteiger partial charge in [0.15, 0.2) is 61.6 Å². The van der Waals surface area contributed by atoms with Crippen LogP contribution >= 0.6 is 0 Å². The average Bonchev–Trinajstić information content (AvgIpc) is 0.858. The van der Waals surface area contributed by atoms with Gasteiger partial charge < -0.3 is 103 Å². The van der Waals surface area contributed by atoms with Crippen molar-refractivity contribution in [2.75, 3.05) is 39.5 Å². The van der Waals surface area contributed by atoms with E-state index in [9.17, 15) is 67.4 Å². The van der Waals surface area contributed by atoms with Crippen LogP contribution in [0, 0.1) is 0 Å². The Morgan fingerprint density at radius 1 is 0.395 bits per heavy atom. The molecule has 0 radical (unpaired) electrons. The number of carbonyl (C=O) groups is 13. The molecule has 34 heteroatoms. The Kier molecular flexibility index (Phi) is 30.6. The van der Waals surface area contributed by atoms with Gasteiger partial charge >= 0.3 is 65.7 Å². The monoisotopic (exact) mass is 1240 g/mol. The minimum atomic E-state index is -2.16. The highest BCUT2D eigenvalue weighted by Gasteiger charge is 2.60. The molecule has 3 fully saturated rings. The lowest BCUT2D eigenvalue weighted by Crippen LogP contribution is -2.69. The van der Waals surface area contributed by atoms with E-state index in [-0.39, 0.29) is 25.9 Å². The molecule has 2 amide bonds. The first-order valence-corrected chi connectivity index (χ1v) is 27.2. The highest BCUT2D eigenvalue weighted by Crippen LogP contribution is 2.38. The number of nitrogens with two attached hydrogens (primary N) is 2. The van der Waals surface area contributed by atoms with E-state index in [0.717, 1.165) is 69.2 Å². The van der Waals surface area contributed by atoms with Crippen molar-refractivity contribution in [3.8, 4) is 0 Å². The maximum absolute atomic E-state index is 13.7. The molecule has 7 N–H and O–H groups in total. The van der Waals surface area contributed by atoms with Crippen molar-refractivity contribution in [3.63, 3.8) is 0 Å².